The lowest BCUT2D eigenvalue weighted by Gasteiger charge is -2.31. The Kier molecular flexibility index (Phi) is 6.74. The maximum absolute atomic E-state index is 13.4. The van der Waals surface area contributed by atoms with E-state index in [4.69, 9.17) is 0 Å². The number of thioether (sulfide) groups is 1. The smallest absolute Gasteiger partial charge is 0.293 e. The van der Waals surface area contributed by atoms with Crippen LogP contribution in [0.4, 0.5) is 9.18 Å². The van der Waals surface area contributed by atoms with Gasteiger partial charge in [0.2, 0.25) is 0 Å². The number of imide groups is 1. The third-order valence-electron chi connectivity index (χ3n) is 6.00. The predicted octanol–water partition coefficient (Wildman–Crippen LogP) is 5.47. The second kappa shape index (κ2) is 9.69. The number of rotatable bonds is 5. The molecular weight excluding hydrogens is 427 g/mol. The van der Waals surface area contributed by atoms with Crippen molar-refractivity contribution < 1.29 is 18.8 Å². The highest BCUT2D eigenvalue weighted by molar-refractivity contribution is 8.18. The van der Waals surface area contributed by atoms with Crippen molar-refractivity contribution in [1.82, 2.24) is 9.80 Å². The van der Waals surface area contributed by atoms with Gasteiger partial charge in [-0.05, 0) is 66.1 Å². The van der Waals surface area contributed by atoms with Crippen molar-refractivity contribution in [2.24, 2.45) is 0 Å². The Morgan fingerprint density at radius 1 is 1.12 bits per heavy atom. The first-order valence-electron chi connectivity index (χ1n) is 10.8. The van der Waals surface area contributed by atoms with E-state index in [-0.39, 0.29) is 17.7 Å². The summed E-state index contributed by atoms with van der Waals surface area (Å²) in [5.41, 5.74) is 1.89. The van der Waals surface area contributed by atoms with Crippen LogP contribution in [0.1, 0.15) is 53.6 Å². The SMILES string of the molecule is CN(C(=O)c1ccc(/C=C2\SC(=O)N(Cc3cccc(F)c3)C2=O)cc1)C1CCCCC1. The Morgan fingerprint density at radius 2 is 1.84 bits per heavy atom. The number of carbonyl (C=O) groups excluding carboxylic acids is 3. The van der Waals surface area contributed by atoms with Gasteiger partial charge in [0.1, 0.15) is 5.82 Å². The standard InChI is InChI=1S/C25H25FN2O3S/c1-27(21-8-3-2-4-9-21)23(29)19-12-10-17(11-13-19)15-22-24(30)28(25(31)32-22)16-18-6-5-7-20(26)14-18/h5-7,10-15,21H,2-4,8-9,16H2,1H3/b22-15-. The van der Waals surface area contributed by atoms with Crippen LogP contribution in [-0.4, -0.2) is 39.9 Å². The number of carbonyl (C=O) groups is 3. The monoisotopic (exact) mass is 452 g/mol. The van der Waals surface area contributed by atoms with Crippen LogP contribution in [-0.2, 0) is 11.3 Å². The van der Waals surface area contributed by atoms with Crippen LogP contribution >= 0.6 is 11.8 Å². The van der Waals surface area contributed by atoms with E-state index in [0.29, 0.717) is 22.1 Å². The summed E-state index contributed by atoms with van der Waals surface area (Å²) in [6.45, 7) is 0.0285. The maximum Gasteiger partial charge on any atom is 0.293 e. The molecule has 1 aliphatic heterocycles. The predicted molar refractivity (Wildman–Crippen MR) is 123 cm³/mol. The lowest BCUT2D eigenvalue weighted by molar-refractivity contribution is -0.123. The summed E-state index contributed by atoms with van der Waals surface area (Å²) in [5, 5.41) is -0.383. The minimum Gasteiger partial charge on any atom is -0.339 e. The molecule has 0 spiro atoms. The lowest BCUT2D eigenvalue weighted by atomic mass is 9.94. The highest BCUT2D eigenvalue weighted by Crippen LogP contribution is 2.33. The van der Waals surface area contributed by atoms with Crippen molar-refractivity contribution in [3.63, 3.8) is 0 Å². The van der Waals surface area contributed by atoms with Gasteiger partial charge in [-0.25, -0.2) is 4.39 Å². The maximum atomic E-state index is 13.4. The molecule has 166 valence electrons. The molecule has 0 unspecified atom stereocenters. The molecular formula is C25H25FN2O3S. The molecule has 2 aromatic carbocycles. The number of hydrogen-bond acceptors (Lipinski definition) is 4. The number of amides is 3. The molecule has 0 N–H and O–H groups in total. The molecule has 32 heavy (non-hydrogen) atoms. The average molecular weight is 453 g/mol. The van der Waals surface area contributed by atoms with Gasteiger partial charge in [0.05, 0.1) is 11.4 Å². The molecule has 1 aliphatic carbocycles. The van der Waals surface area contributed by atoms with Crippen LogP contribution in [0.5, 0.6) is 0 Å². The van der Waals surface area contributed by atoms with Gasteiger partial charge in [-0.2, -0.15) is 0 Å². The first-order valence-corrected chi connectivity index (χ1v) is 11.6. The molecule has 7 heteroatoms. The minimum absolute atomic E-state index is 0.00105. The Balaban J connectivity index is 1.44. The molecule has 0 radical (unpaired) electrons. The highest BCUT2D eigenvalue weighted by atomic mass is 32.2. The Bertz CT molecular complexity index is 1060. The van der Waals surface area contributed by atoms with Crippen LogP contribution in [0.3, 0.4) is 0 Å². The number of nitrogens with zero attached hydrogens (tertiary/aromatic N) is 2. The molecule has 0 atom stereocenters. The zero-order valence-corrected chi connectivity index (χ0v) is 18.7. The highest BCUT2D eigenvalue weighted by Gasteiger charge is 2.35. The Morgan fingerprint density at radius 3 is 2.53 bits per heavy atom. The average Bonchev–Trinajstić information content (AvgIpc) is 3.06. The normalized spacial score (nSPS) is 18.4. The van der Waals surface area contributed by atoms with Gasteiger partial charge in [-0.1, -0.05) is 43.5 Å². The van der Waals surface area contributed by atoms with Crippen molar-refractivity contribution in [2.45, 2.75) is 44.7 Å². The van der Waals surface area contributed by atoms with E-state index in [9.17, 15) is 18.8 Å². The molecule has 5 nitrogen and oxygen atoms in total. The van der Waals surface area contributed by atoms with E-state index in [2.05, 4.69) is 0 Å². The molecule has 2 fully saturated rings. The van der Waals surface area contributed by atoms with Crippen LogP contribution < -0.4 is 0 Å². The van der Waals surface area contributed by atoms with Gasteiger partial charge in [0.25, 0.3) is 17.1 Å². The zero-order chi connectivity index (χ0) is 22.7. The van der Waals surface area contributed by atoms with Crippen LogP contribution in [0.2, 0.25) is 0 Å². The summed E-state index contributed by atoms with van der Waals surface area (Å²) < 4.78 is 13.4. The summed E-state index contributed by atoms with van der Waals surface area (Å²) in [5.74, 6) is -0.811. The van der Waals surface area contributed by atoms with Crippen molar-refractivity contribution >= 4 is 34.9 Å². The molecule has 1 heterocycles. The fraction of sp³-hybridized carbons (Fsp3) is 0.320. The zero-order valence-electron chi connectivity index (χ0n) is 17.9. The van der Waals surface area contributed by atoms with E-state index in [1.54, 1.807) is 42.5 Å². The van der Waals surface area contributed by atoms with Gasteiger partial charge in [-0.3, -0.25) is 19.3 Å². The van der Waals surface area contributed by atoms with Crippen molar-refractivity contribution in [3.8, 4) is 0 Å². The molecule has 1 saturated heterocycles. The number of halogens is 1. The van der Waals surface area contributed by atoms with E-state index < -0.39 is 11.7 Å². The largest absolute Gasteiger partial charge is 0.339 e. The fourth-order valence-electron chi connectivity index (χ4n) is 4.17. The Hall–Kier alpha value is -2.93. The molecule has 0 aromatic heterocycles. The van der Waals surface area contributed by atoms with Gasteiger partial charge < -0.3 is 4.90 Å². The first kappa shape index (κ1) is 22.3. The van der Waals surface area contributed by atoms with Gasteiger partial charge in [0.15, 0.2) is 0 Å². The van der Waals surface area contributed by atoms with E-state index >= 15 is 0 Å². The molecule has 0 bridgehead atoms. The topological polar surface area (TPSA) is 57.7 Å². The minimum atomic E-state index is -0.409. The van der Waals surface area contributed by atoms with Crippen LogP contribution in [0, 0.1) is 5.82 Å². The van der Waals surface area contributed by atoms with Crippen molar-refractivity contribution in [1.29, 1.82) is 0 Å². The fourth-order valence-corrected chi connectivity index (χ4v) is 5.00. The van der Waals surface area contributed by atoms with Gasteiger partial charge >= 0.3 is 0 Å². The molecule has 1 saturated carbocycles. The summed E-state index contributed by atoms with van der Waals surface area (Å²) >= 11 is 0.864. The third-order valence-corrected chi connectivity index (χ3v) is 6.91. The molecule has 4 rings (SSSR count). The summed E-state index contributed by atoms with van der Waals surface area (Å²) in [7, 11) is 1.86. The lowest BCUT2D eigenvalue weighted by Crippen LogP contribution is -2.38. The van der Waals surface area contributed by atoms with E-state index in [1.165, 1.54) is 18.6 Å². The quantitative estimate of drug-likeness (QED) is 0.565. The second-order valence-corrected chi connectivity index (χ2v) is 9.22. The van der Waals surface area contributed by atoms with Crippen LogP contribution in [0.15, 0.2) is 53.4 Å². The molecule has 2 aromatic rings. The number of hydrogen-bond donors (Lipinski definition) is 0. The van der Waals surface area contributed by atoms with E-state index in [0.717, 1.165) is 47.9 Å². The Labute approximate surface area is 191 Å². The summed E-state index contributed by atoms with van der Waals surface area (Å²) in [6.07, 6.45) is 7.30. The number of benzene rings is 2. The first-order chi connectivity index (χ1) is 15.4. The van der Waals surface area contributed by atoms with E-state index in [1.807, 2.05) is 11.9 Å². The van der Waals surface area contributed by atoms with Crippen LogP contribution in [0.25, 0.3) is 6.08 Å². The summed E-state index contributed by atoms with van der Waals surface area (Å²) in [6, 6.07) is 13.2. The van der Waals surface area contributed by atoms with Crippen molar-refractivity contribution in [2.75, 3.05) is 7.05 Å². The summed E-state index contributed by atoms with van der Waals surface area (Å²) in [4.78, 5) is 41.1. The molecule has 2 aliphatic rings. The van der Waals surface area contributed by atoms with Gasteiger partial charge in [0, 0.05) is 18.7 Å². The molecule has 3 amide bonds. The van der Waals surface area contributed by atoms with Crippen molar-refractivity contribution in [3.05, 3.63) is 75.9 Å². The van der Waals surface area contributed by atoms with Gasteiger partial charge in [-0.15, -0.1) is 0 Å². The third kappa shape index (κ3) is 4.93. The second-order valence-electron chi connectivity index (χ2n) is 8.23.